The van der Waals surface area contributed by atoms with Crippen molar-refractivity contribution in [3.63, 3.8) is 0 Å². The van der Waals surface area contributed by atoms with E-state index < -0.39 is 53.9 Å². The molecule has 0 fully saturated rings. The molecular weight excluding hydrogens is 356 g/mol. The summed E-state index contributed by atoms with van der Waals surface area (Å²) in [4.78, 5) is 57.7. The summed E-state index contributed by atoms with van der Waals surface area (Å²) < 4.78 is 0. The SMILES string of the molecule is O=C(O)C=CC(=O)O.O=C(O)CC(=O)O.O=C(O)CC(S)C(=O)O. The van der Waals surface area contributed by atoms with E-state index in [0.717, 1.165) is 0 Å². The molecule has 0 bridgehead atoms. The highest BCUT2D eigenvalue weighted by atomic mass is 32.1. The van der Waals surface area contributed by atoms with E-state index in [4.69, 9.17) is 30.6 Å². The van der Waals surface area contributed by atoms with Crippen LogP contribution < -0.4 is 0 Å². The fraction of sp³-hybridized carbons (Fsp3) is 0.273. The lowest BCUT2D eigenvalue weighted by atomic mass is 10.3. The van der Waals surface area contributed by atoms with Crippen molar-refractivity contribution in [3.05, 3.63) is 12.2 Å². The van der Waals surface area contributed by atoms with Gasteiger partial charge in [-0.25, -0.2) is 9.59 Å². The molecule has 0 aliphatic carbocycles. The molecule has 6 N–H and O–H groups in total. The second kappa shape index (κ2) is 14.8. The highest BCUT2D eigenvalue weighted by molar-refractivity contribution is 7.81. The van der Waals surface area contributed by atoms with E-state index in [9.17, 15) is 28.8 Å². The van der Waals surface area contributed by atoms with Gasteiger partial charge < -0.3 is 30.6 Å². The number of rotatable bonds is 7. The number of carboxylic acid groups (broad SMARTS) is 6. The quantitative estimate of drug-likeness (QED) is 0.164. The second-order valence-corrected chi connectivity index (χ2v) is 4.05. The monoisotopic (exact) mass is 370 g/mol. The van der Waals surface area contributed by atoms with Gasteiger partial charge in [0.25, 0.3) is 0 Å². The van der Waals surface area contributed by atoms with Crippen LogP contribution in [0.1, 0.15) is 12.8 Å². The largest absolute Gasteiger partial charge is 0.481 e. The van der Waals surface area contributed by atoms with Crippen LogP contribution in [0.15, 0.2) is 12.2 Å². The molecule has 0 aromatic carbocycles. The van der Waals surface area contributed by atoms with Crippen LogP contribution in [0.3, 0.4) is 0 Å². The molecule has 1 atom stereocenters. The van der Waals surface area contributed by atoms with Crippen LogP contribution >= 0.6 is 12.6 Å². The van der Waals surface area contributed by atoms with Gasteiger partial charge in [-0.15, -0.1) is 0 Å². The van der Waals surface area contributed by atoms with Gasteiger partial charge >= 0.3 is 35.8 Å². The molecule has 0 spiro atoms. The zero-order chi connectivity index (χ0) is 19.9. The molecule has 0 radical (unpaired) electrons. The van der Waals surface area contributed by atoms with Gasteiger partial charge in [0.2, 0.25) is 0 Å². The van der Waals surface area contributed by atoms with Crippen LogP contribution in [0, 0.1) is 0 Å². The minimum atomic E-state index is -1.31. The number of carboxylic acids is 6. The molecule has 0 amide bonds. The summed E-state index contributed by atoms with van der Waals surface area (Å²) in [6, 6.07) is 0. The van der Waals surface area contributed by atoms with E-state index in [1.807, 2.05) is 0 Å². The standard InChI is InChI=1S/C4H6O4S.C4H4O4.C3H4O4/c5-3(6)1-2(9)4(7)8;5-3(6)1-2-4(7)8;4-2(5)1-3(6)7/h2,9H,1H2,(H,5,6)(H,7,8);1-2H,(H,5,6)(H,7,8);1H2,(H,4,5)(H,6,7). The van der Waals surface area contributed by atoms with Crippen LogP contribution in [0.5, 0.6) is 0 Å². The molecule has 0 aromatic rings. The lowest BCUT2D eigenvalue weighted by Gasteiger charge is -1.97. The lowest BCUT2D eigenvalue weighted by Crippen LogP contribution is -2.17. The van der Waals surface area contributed by atoms with Gasteiger partial charge in [0.1, 0.15) is 11.7 Å². The molecule has 0 saturated carbocycles. The van der Waals surface area contributed by atoms with Crippen molar-refractivity contribution in [1.29, 1.82) is 0 Å². The van der Waals surface area contributed by atoms with Crippen molar-refractivity contribution in [3.8, 4) is 0 Å². The molecule has 0 aliphatic heterocycles. The van der Waals surface area contributed by atoms with Crippen molar-refractivity contribution >= 4 is 48.4 Å². The summed E-state index contributed by atoms with van der Waals surface area (Å²) in [5.41, 5.74) is 0. The first-order valence-corrected chi connectivity index (χ1v) is 6.01. The Hall–Kier alpha value is -3.09. The Labute approximate surface area is 139 Å². The maximum atomic E-state index is 9.90. The van der Waals surface area contributed by atoms with Crippen molar-refractivity contribution < 1.29 is 59.4 Å². The first-order chi connectivity index (χ1) is 10.8. The van der Waals surface area contributed by atoms with E-state index in [1.54, 1.807) is 0 Å². The fourth-order valence-electron chi connectivity index (χ4n) is 0.525. The van der Waals surface area contributed by atoms with Crippen LogP contribution in [0.2, 0.25) is 0 Å². The van der Waals surface area contributed by atoms with Crippen molar-refractivity contribution in [2.24, 2.45) is 0 Å². The zero-order valence-electron chi connectivity index (χ0n) is 11.7. The molecule has 13 heteroatoms. The summed E-state index contributed by atoms with van der Waals surface area (Å²) in [7, 11) is 0. The molecule has 1 unspecified atom stereocenters. The zero-order valence-corrected chi connectivity index (χ0v) is 12.6. The van der Waals surface area contributed by atoms with Gasteiger partial charge in [-0.3, -0.25) is 19.2 Å². The minimum Gasteiger partial charge on any atom is -0.481 e. The molecule has 0 saturated heterocycles. The predicted molar refractivity (Wildman–Crippen MR) is 77.0 cm³/mol. The topological polar surface area (TPSA) is 224 Å². The summed E-state index contributed by atoms with van der Waals surface area (Å²) in [5.74, 6) is -7.50. The average Bonchev–Trinajstić information content (AvgIpc) is 2.35. The second-order valence-electron chi connectivity index (χ2n) is 3.43. The van der Waals surface area contributed by atoms with Gasteiger partial charge in [-0.1, -0.05) is 0 Å². The van der Waals surface area contributed by atoms with Crippen LogP contribution in [-0.2, 0) is 28.8 Å². The Bertz CT molecular complexity index is 481. The predicted octanol–water partition coefficient (Wildman–Crippen LogP) is -0.898. The van der Waals surface area contributed by atoms with Gasteiger partial charge in [-0.05, 0) is 0 Å². The number of hydrogen-bond donors (Lipinski definition) is 7. The summed E-state index contributed by atoms with van der Waals surface area (Å²) in [6.07, 6.45) is -0.136. The molecular formula is C11H14O12S. The number of carbonyl (C=O) groups is 6. The number of hydrogen-bond acceptors (Lipinski definition) is 7. The third-order valence-electron chi connectivity index (χ3n) is 1.32. The van der Waals surface area contributed by atoms with Gasteiger partial charge in [0.15, 0.2) is 0 Å². The molecule has 0 aliphatic rings. The van der Waals surface area contributed by atoms with Crippen LogP contribution in [0.4, 0.5) is 0 Å². The molecule has 12 nitrogen and oxygen atoms in total. The van der Waals surface area contributed by atoms with E-state index in [-0.39, 0.29) is 0 Å². The summed E-state index contributed by atoms with van der Waals surface area (Å²) in [5, 5.41) is 46.0. The van der Waals surface area contributed by atoms with Gasteiger partial charge in [0.05, 0.1) is 6.42 Å². The fourth-order valence-corrected chi connectivity index (χ4v) is 0.681. The smallest absolute Gasteiger partial charge is 0.328 e. The Morgan fingerprint density at radius 3 is 1.12 bits per heavy atom. The maximum Gasteiger partial charge on any atom is 0.328 e. The van der Waals surface area contributed by atoms with Crippen molar-refractivity contribution in [1.82, 2.24) is 0 Å². The Morgan fingerprint density at radius 2 is 1.04 bits per heavy atom. The highest BCUT2D eigenvalue weighted by Crippen LogP contribution is 1.99. The van der Waals surface area contributed by atoms with Gasteiger partial charge in [0, 0.05) is 12.2 Å². The lowest BCUT2D eigenvalue weighted by molar-refractivity contribution is -0.147. The summed E-state index contributed by atoms with van der Waals surface area (Å²) >= 11 is 3.48. The molecule has 136 valence electrons. The van der Waals surface area contributed by atoms with E-state index in [0.29, 0.717) is 12.2 Å². The van der Waals surface area contributed by atoms with E-state index >= 15 is 0 Å². The number of thiol groups is 1. The molecule has 0 aromatic heterocycles. The third-order valence-corrected chi connectivity index (χ3v) is 1.73. The van der Waals surface area contributed by atoms with Crippen LogP contribution in [-0.4, -0.2) is 71.7 Å². The third kappa shape index (κ3) is 31.3. The Morgan fingerprint density at radius 1 is 0.708 bits per heavy atom. The Balaban J connectivity index is -0.000000278. The molecule has 0 heterocycles. The minimum absolute atomic E-state index is 0.446. The maximum absolute atomic E-state index is 9.90. The van der Waals surface area contributed by atoms with Crippen molar-refractivity contribution in [2.45, 2.75) is 18.1 Å². The molecule has 0 rings (SSSR count). The number of aliphatic carboxylic acids is 6. The normalized spacial score (nSPS) is 10.2. The van der Waals surface area contributed by atoms with E-state index in [1.165, 1.54) is 0 Å². The first-order valence-electron chi connectivity index (χ1n) is 5.49. The molecule has 24 heavy (non-hydrogen) atoms. The first kappa shape index (κ1) is 25.8. The highest BCUT2D eigenvalue weighted by Gasteiger charge is 2.15. The Kier molecular flexibility index (Phi) is 16.0. The van der Waals surface area contributed by atoms with Crippen molar-refractivity contribution in [2.75, 3.05) is 0 Å². The van der Waals surface area contributed by atoms with Crippen LogP contribution in [0.25, 0.3) is 0 Å². The van der Waals surface area contributed by atoms with E-state index in [2.05, 4.69) is 12.6 Å². The van der Waals surface area contributed by atoms with Gasteiger partial charge in [-0.2, -0.15) is 12.6 Å². The summed E-state index contributed by atoms with van der Waals surface area (Å²) in [6.45, 7) is 0. The average molecular weight is 370 g/mol.